The number of rotatable bonds is 4. The van der Waals surface area contributed by atoms with E-state index in [1.165, 1.54) is 25.4 Å². The molecule has 0 fully saturated rings. The molecule has 2 aromatic rings. The standard InChI is InChI=1S/C14H14F2N2O/c1-19-14-3-2-9(4-12(14)16)5-13(17)10-6-11(15)8-18-7-10/h2-4,6-8,13H,5,17H2,1H3. The highest BCUT2D eigenvalue weighted by atomic mass is 19.1. The molecule has 1 unspecified atom stereocenters. The molecule has 2 N–H and O–H groups in total. The molecule has 3 nitrogen and oxygen atoms in total. The summed E-state index contributed by atoms with van der Waals surface area (Å²) in [6, 6.07) is 5.54. The van der Waals surface area contributed by atoms with Gasteiger partial charge in [0.1, 0.15) is 5.82 Å². The SMILES string of the molecule is COc1ccc(CC(N)c2cncc(F)c2)cc1F. The average molecular weight is 264 g/mol. The minimum atomic E-state index is -0.440. The van der Waals surface area contributed by atoms with Crippen molar-refractivity contribution >= 4 is 0 Å². The third-order valence-corrected chi connectivity index (χ3v) is 2.83. The number of hydrogen-bond acceptors (Lipinski definition) is 3. The maximum absolute atomic E-state index is 13.5. The van der Waals surface area contributed by atoms with Crippen molar-refractivity contribution in [1.82, 2.24) is 4.98 Å². The van der Waals surface area contributed by atoms with E-state index in [1.54, 1.807) is 12.1 Å². The van der Waals surface area contributed by atoms with Gasteiger partial charge in [0.05, 0.1) is 13.3 Å². The second-order valence-electron chi connectivity index (χ2n) is 4.22. The van der Waals surface area contributed by atoms with Crippen LogP contribution in [0.5, 0.6) is 5.75 Å². The normalized spacial score (nSPS) is 12.2. The molecule has 1 atom stereocenters. The van der Waals surface area contributed by atoms with Crippen LogP contribution in [0.4, 0.5) is 8.78 Å². The second-order valence-corrected chi connectivity index (χ2v) is 4.22. The first-order chi connectivity index (χ1) is 9.10. The Morgan fingerprint density at radius 3 is 2.68 bits per heavy atom. The van der Waals surface area contributed by atoms with Gasteiger partial charge in [-0.3, -0.25) is 4.98 Å². The fourth-order valence-corrected chi connectivity index (χ4v) is 1.84. The highest BCUT2D eigenvalue weighted by molar-refractivity contribution is 5.30. The van der Waals surface area contributed by atoms with E-state index in [9.17, 15) is 8.78 Å². The highest BCUT2D eigenvalue weighted by Gasteiger charge is 2.10. The summed E-state index contributed by atoms with van der Waals surface area (Å²) >= 11 is 0. The van der Waals surface area contributed by atoms with Gasteiger partial charge >= 0.3 is 0 Å². The van der Waals surface area contributed by atoms with Crippen LogP contribution in [0.25, 0.3) is 0 Å². The van der Waals surface area contributed by atoms with Crippen molar-refractivity contribution in [2.24, 2.45) is 5.73 Å². The maximum Gasteiger partial charge on any atom is 0.165 e. The lowest BCUT2D eigenvalue weighted by Crippen LogP contribution is -2.14. The zero-order valence-electron chi connectivity index (χ0n) is 10.4. The molecule has 0 amide bonds. The molecule has 1 aromatic carbocycles. The molecule has 1 aromatic heterocycles. The van der Waals surface area contributed by atoms with Crippen molar-refractivity contribution in [3.8, 4) is 5.75 Å². The first-order valence-electron chi connectivity index (χ1n) is 5.78. The van der Waals surface area contributed by atoms with Crippen LogP contribution in [0.1, 0.15) is 17.2 Å². The molecular formula is C14H14F2N2O. The van der Waals surface area contributed by atoms with Crippen LogP contribution in [-0.4, -0.2) is 12.1 Å². The van der Waals surface area contributed by atoms with Gasteiger partial charge in [-0.25, -0.2) is 8.78 Å². The van der Waals surface area contributed by atoms with Crippen LogP contribution < -0.4 is 10.5 Å². The van der Waals surface area contributed by atoms with Gasteiger partial charge in [0, 0.05) is 12.2 Å². The van der Waals surface area contributed by atoms with Gasteiger partial charge in [-0.05, 0) is 35.7 Å². The summed E-state index contributed by atoms with van der Waals surface area (Å²) in [4.78, 5) is 3.74. The Balaban J connectivity index is 2.14. The predicted molar refractivity (Wildman–Crippen MR) is 67.8 cm³/mol. The van der Waals surface area contributed by atoms with Crippen LogP contribution in [-0.2, 0) is 6.42 Å². The van der Waals surface area contributed by atoms with Crippen LogP contribution in [0, 0.1) is 11.6 Å². The van der Waals surface area contributed by atoms with Crippen molar-refractivity contribution < 1.29 is 13.5 Å². The summed E-state index contributed by atoms with van der Waals surface area (Å²) in [6.45, 7) is 0. The van der Waals surface area contributed by atoms with E-state index in [4.69, 9.17) is 10.5 Å². The van der Waals surface area contributed by atoms with Gasteiger partial charge in [0.25, 0.3) is 0 Å². The Hall–Kier alpha value is -2.01. The minimum Gasteiger partial charge on any atom is -0.494 e. The molecule has 0 saturated heterocycles. The van der Waals surface area contributed by atoms with E-state index in [-0.39, 0.29) is 5.75 Å². The molecule has 0 aliphatic rings. The third-order valence-electron chi connectivity index (χ3n) is 2.83. The lowest BCUT2D eigenvalue weighted by atomic mass is 10.0. The third kappa shape index (κ3) is 3.26. The lowest BCUT2D eigenvalue weighted by molar-refractivity contribution is 0.386. The second kappa shape index (κ2) is 5.75. The maximum atomic E-state index is 13.5. The average Bonchev–Trinajstić information content (AvgIpc) is 2.39. The molecule has 0 aliphatic heterocycles. The van der Waals surface area contributed by atoms with Gasteiger partial charge in [0.2, 0.25) is 0 Å². The van der Waals surface area contributed by atoms with Crippen molar-refractivity contribution in [3.63, 3.8) is 0 Å². The highest BCUT2D eigenvalue weighted by Crippen LogP contribution is 2.21. The van der Waals surface area contributed by atoms with E-state index in [0.29, 0.717) is 12.0 Å². The topological polar surface area (TPSA) is 48.1 Å². The summed E-state index contributed by atoms with van der Waals surface area (Å²) in [7, 11) is 1.40. The molecule has 100 valence electrons. The van der Waals surface area contributed by atoms with Crippen LogP contribution in [0.2, 0.25) is 0 Å². The molecule has 1 heterocycles. The fraction of sp³-hybridized carbons (Fsp3) is 0.214. The number of benzene rings is 1. The smallest absolute Gasteiger partial charge is 0.165 e. The molecule has 19 heavy (non-hydrogen) atoms. The van der Waals surface area contributed by atoms with Gasteiger partial charge in [-0.1, -0.05) is 6.07 Å². The zero-order chi connectivity index (χ0) is 13.8. The first kappa shape index (κ1) is 13.4. The Morgan fingerprint density at radius 2 is 2.05 bits per heavy atom. The van der Waals surface area contributed by atoms with E-state index in [0.717, 1.165) is 11.8 Å². The van der Waals surface area contributed by atoms with Gasteiger partial charge < -0.3 is 10.5 Å². The lowest BCUT2D eigenvalue weighted by Gasteiger charge is -2.12. The molecule has 0 aliphatic carbocycles. The van der Waals surface area contributed by atoms with Crippen LogP contribution >= 0.6 is 0 Å². The monoisotopic (exact) mass is 264 g/mol. The minimum absolute atomic E-state index is 0.185. The zero-order valence-corrected chi connectivity index (χ0v) is 10.4. The number of methoxy groups -OCH3 is 1. The number of hydrogen-bond donors (Lipinski definition) is 1. The van der Waals surface area contributed by atoms with Crippen LogP contribution in [0.3, 0.4) is 0 Å². The molecule has 0 radical (unpaired) electrons. The van der Waals surface area contributed by atoms with Gasteiger partial charge in [0.15, 0.2) is 11.6 Å². The number of nitrogens with two attached hydrogens (primary N) is 1. The number of nitrogens with zero attached hydrogens (tertiary/aromatic N) is 1. The van der Waals surface area contributed by atoms with Crippen molar-refractivity contribution in [3.05, 3.63) is 59.4 Å². The predicted octanol–water partition coefficient (Wildman–Crippen LogP) is 2.61. The van der Waals surface area contributed by atoms with Crippen molar-refractivity contribution in [1.29, 1.82) is 0 Å². The Morgan fingerprint density at radius 1 is 1.26 bits per heavy atom. The Labute approximate surface area is 110 Å². The summed E-state index contributed by atoms with van der Waals surface area (Å²) in [5.74, 6) is -0.692. The summed E-state index contributed by atoms with van der Waals surface area (Å²) in [5.41, 5.74) is 7.25. The van der Waals surface area contributed by atoms with E-state index in [2.05, 4.69) is 4.98 Å². The Bertz CT molecular complexity index is 575. The van der Waals surface area contributed by atoms with Gasteiger partial charge in [-0.2, -0.15) is 0 Å². The number of aromatic nitrogens is 1. The largest absolute Gasteiger partial charge is 0.494 e. The molecule has 2 rings (SSSR count). The van der Waals surface area contributed by atoms with E-state index >= 15 is 0 Å². The fourth-order valence-electron chi connectivity index (χ4n) is 1.84. The van der Waals surface area contributed by atoms with Gasteiger partial charge in [-0.15, -0.1) is 0 Å². The van der Waals surface area contributed by atoms with Crippen molar-refractivity contribution in [2.75, 3.05) is 7.11 Å². The van der Waals surface area contributed by atoms with E-state index in [1.807, 2.05) is 0 Å². The number of ether oxygens (including phenoxy) is 1. The number of pyridine rings is 1. The summed E-state index contributed by atoms with van der Waals surface area (Å²) in [6.07, 6.45) is 3.02. The molecule has 0 spiro atoms. The van der Waals surface area contributed by atoms with Crippen LogP contribution in [0.15, 0.2) is 36.7 Å². The van der Waals surface area contributed by atoms with Crippen molar-refractivity contribution in [2.45, 2.75) is 12.5 Å². The Kier molecular flexibility index (Phi) is 4.06. The summed E-state index contributed by atoms with van der Waals surface area (Å²) < 4.78 is 31.4. The first-order valence-corrected chi connectivity index (χ1v) is 5.78. The molecular weight excluding hydrogens is 250 g/mol. The quantitative estimate of drug-likeness (QED) is 0.923. The molecule has 5 heteroatoms. The number of halogens is 2. The van der Waals surface area contributed by atoms with E-state index < -0.39 is 17.7 Å². The summed E-state index contributed by atoms with van der Waals surface area (Å²) in [5, 5.41) is 0. The molecule has 0 bridgehead atoms. The molecule has 0 saturated carbocycles.